The summed E-state index contributed by atoms with van der Waals surface area (Å²) in [6.45, 7) is 6.72. The summed E-state index contributed by atoms with van der Waals surface area (Å²) in [5, 5.41) is 10.4. The molecule has 0 saturated carbocycles. The first-order valence-electron chi connectivity index (χ1n) is 6.85. The number of aromatic nitrogens is 2. The molecule has 102 valence electrons. The zero-order chi connectivity index (χ0) is 13.2. The fourth-order valence-corrected chi connectivity index (χ4v) is 3.28. The summed E-state index contributed by atoms with van der Waals surface area (Å²) < 4.78 is 5.82. The number of nitrogens with zero attached hydrogens (tertiary/aromatic N) is 3. The molecule has 0 aliphatic carbocycles. The molecule has 2 atom stereocenters. The van der Waals surface area contributed by atoms with Crippen LogP contribution in [0.25, 0.3) is 10.8 Å². The first-order chi connectivity index (χ1) is 9.24. The third kappa shape index (κ3) is 2.72. The van der Waals surface area contributed by atoms with E-state index in [1.807, 2.05) is 17.5 Å². The Bertz CT molecular complexity index is 523. The number of rotatable bonds is 3. The minimum absolute atomic E-state index is 0.212. The zero-order valence-corrected chi connectivity index (χ0v) is 12.2. The lowest BCUT2D eigenvalue weighted by Gasteiger charge is -2.33. The monoisotopic (exact) mass is 277 g/mol. The number of likely N-dealkylation sites (tertiary alicyclic amines) is 1. The van der Waals surface area contributed by atoms with Crippen LogP contribution in [0.3, 0.4) is 0 Å². The van der Waals surface area contributed by atoms with Crippen molar-refractivity contribution in [2.75, 3.05) is 13.1 Å². The van der Waals surface area contributed by atoms with Crippen LogP contribution in [0.4, 0.5) is 0 Å². The molecule has 3 heterocycles. The second-order valence-corrected chi connectivity index (χ2v) is 6.29. The lowest BCUT2D eigenvalue weighted by molar-refractivity contribution is 0.122. The standard InChI is InChI=1S/C14H19N3OS/c1-10-5-3-7-17(9-10)11(2)13-15-16-14(18-13)12-6-4-8-19-12/h4,6,8,10-11H,3,5,7,9H2,1-2H3. The predicted octanol–water partition coefficient (Wildman–Crippen LogP) is 3.59. The minimum atomic E-state index is 0.212. The Morgan fingerprint density at radius 3 is 3.11 bits per heavy atom. The average Bonchev–Trinajstić information content (AvgIpc) is 3.08. The second-order valence-electron chi connectivity index (χ2n) is 5.34. The molecule has 2 unspecified atom stereocenters. The van der Waals surface area contributed by atoms with E-state index in [2.05, 4.69) is 28.9 Å². The quantitative estimate of drug-likeness (QED) is 0.859. The van der Waals surface area contributed by atoms with Gasteiger partial charge in [0, 0.05) is 6.54 Å². The molecule has 1 saturated heterocycles. The first-order valence-corrected chi connectivity index (χ1v) is 7.73. The summed E-state index contributed by atoms with van der Waals surface area (Å²) in [7, 11) is 0. The Hall–Kier alpha value is -1.20. The van der Waals surface area contributed by atoms with Gasteiger partial charge in [0.1, 0.15) is 0 Å². The van der Waals surface area contributed by atoms with Gasteiger partial charge in [0.2, 0.25) is 5.89 Å². The average molecular weight is 277 g/mol. The fraction of sp³-hybridized carbons (Fsp3) is 0.571. The molecule has 0 aromatic carbocycles. The third-order valence-corrected chi connectivity index (χ3v) is 4.62. The molecule has 2 aromatic rings. The van der Waals surface area contributed by atoms with Crippen molar-refractivity contribution < 1.29 is 4.42 Å². The minimum Gasteiger partial charge on any atom is -0.418 e. The van der Waals surface area contributed by atoms with E-state index in [1.54, 1.807) is 11.3 Å². The van der Waals surface area contributed by atoms with Gasteiger partial charge in [0.15, 0.2) is 0 Å². The molecule has 19 heavy (non-hydrogen) atoms. The van der Waals surface area contributed by atoms with Gasteiger partial charge in [-0.25, -0.2) is 0 Å². The van der Waals surface area contributed by atoms with Crippen LogP contribution in [0, 0.1) is 5.92 Å². The van der Waals surface area contributed by atoms with Crippen molar-refractivity contribution in [1.82, 2.24) is 15.1 Å². The van der Waals surface area contributed by atoms with Gasteiger partial charge < -0.3 is 4.42 Å². The summed E-state index contributed by atoms with van der Waals surface area (Å²) in [5.41, 5.74) is 0. The van der Waals surface area contributed by atoms with E-state index in [9.17, 15) is 0 Å². The molecule has 0 radical (unpaired) electrons. The Labute approximate surface area is 117 Å². The van der Waals surface area contributed by atoms with E-state index in [1.165, 1.54) is 12.8 Å². The maximum absolute atomic E-state index is 5.82. The van der Waals surface area contributed by atoms with Gasteiger partial charge in [-0.05, 0) is 43.7 Å². The van der Waals surface area contributed by atoms with E-state index < -0.39 is 0 Å². The topological polar surface area (TPSA) is 42.2 Å². The number of thiophene rings is 1. The lowest BCUT2D eigenvalue weighted by atomic mass is 9.99. The molecule has 0 bridgehead atoms. The first kappa shape index (κ1) is 12.8. The van der Waals surface area contributed by atoms with E-state index >= 15 is 0 Å². The Morgan fingerprint density at radius 1 is 1.47 bits per heavy atom. The van der Waals surface area contributed by atoms with Crippen molar-refractivity contribution in [3.8, 4) is 10.8 Å². The van der Waals surface area contributed by atoms with E-state index in [-0.39, 0.29) is 6.04 Å². The summed E-state index contributed by atoms with van der Waals surface area (Å²) in [6, 6.07) is 4.22. The molecule has 4 nitrogen and oxygen atoms in total. The molecule has 0 amide bonds. The molecular formula is C14H19N3OS. The van der Waals surface area contributed by atoms with E-state index in [0.717, 1.165) is 29.8 Å². The van der Waals surface area contributed by atoms with Crippen molar-refractivity contribution in [3.63, 3.8) is 0 Å². The van der Waals surface area contributed by atoms with Gasteiger partial charge in [0.25, 0.3) is 5.89 Å². The van der Waals surface area contributed by atoms with Crippen molar-refractivity contribution in [2.24, 2.45) is 5.92 Å². The smallest absolute Gasteiger partial charge is 0.257 e. The molecule has 3 rings (SSSR count). The van der Waals surface area contributed by atoms with Crippen LogP contribution in [0.5, 0.6) is 0 Å². The van der Waals surface area contributed by atoms with Crippen LogP contribution in [0.15, 0.2) is 21.9 Å². The molecule has 5 heteroatoms. The van der Waals surface area contributed by atoms with E-state index in [4.69, 9.17) is 4.42 Å². The summed E-state index contributed by atoms with van der Waals surface area (Å²) >= 11 is 1.63. The SMILES string of the molecule is CC1CCCN(C(C)c2nnc(-c3cccs3)o2)C1. The van der Waals surface area contributed by atoms with Gasteiger partial charge in [-0.3, -0.25) is 4.90 Å². The number of hydrogen-bond donors (Lipinski definition) is 0. The van der Waals surface area contributed by atoms with Crippen molar-refractivity contribution in [2.45, 2.75) is 32.7 Å². The summed E-state index contributed by atoms with van der Waals surface area (Å²) in [6.07, 6.45) is 2.59. The van der Waals surface area contributed by atoms with Crippen LogP contribution in [0.1, 0.15) is 38.6 Å². The molecule has 1 aliphatic rings. The third-order valence-electron chi connectivity index (χ3n) is 3.77. The van der Waals surface area contributed by atoms with Crippen molar-refractivity contribution in [3.05, 3.63) is 23.4 Å². The second kappa shape index (κ2) is 5.43. The summed E-state index contributed by atoms with van der Waals surface area (Å²) in [5.74, 6) is 2.13. The van der Waals surface area contributed by atoms with Crippen LogP contribution in [-0.2, 0) is 0 Å². The number of piperidine rings is 1. The highest BCUT2D eigenvalue weighted by Crippen LogP contribution is 2.29. The largest absolute Gasteiger partial charge is 0.418 e. The Balaban J connectivity index is 1.75. The fourth-order valence-electron chi connectivity index (χ4n) is 2.64. The molecule has 0 N–H and O–H groups in total. The lowest BCUT2D eigenvalue weighted by Crippen LogP contribution is -2.36. The van der Waals surface area contributed by atoms with Crippen molar-refractivity contribution >= 4 is 11.3 Å². The van der Waals surface area contributed by atoms with Gasteiger partial charge in [0.05, 0.1) is 10.9 Å². The van der Waals surface area contributed by atoms with Gasteiger partial charge in [-0.2, -0.15) is 0 Å². The molecular weight excluding hydrogens is 258 g/mol. The highest BCUT2D eigenvalue weighted by atomic mass is 32.1. The zero-order valence-electron chi connectivity index (χ0n) is 11.4. The van der Waals surface area contributed by atoms with Crippen molar-refractivity contribution in [1.29, 1.82) is 0 Å². The van der Waals surface area contributed by atoms with Crippen LogP contribution in [0.2, 0.25) is 0 Å². The molecule has 1 aliphatic heterocycles. The normalized spacial score (nSPS) is 22.5. The number of hydrogen-bond acceptors (Lipinski definition) is 5. The van der Waals surface area contributed by atoms with E-state index in [0.29, 0.717) is 5.89 Å². The summed E-state index contributed by atoms with van der Waals surface area (Å²) in [4.78, 5) is 3.48. The van der Waals surface area contributed by atoms with Crippen LogP contribution >= 0.6 is 11.3 Å². The Morgan fingerprint density at radius 2 is 2.37 bits per heavy atom. The molecule has 1 fully saturated rings. The van der Waals surface area contributed by atoms with Crippen LogP contribution in [-0.4, -0.2) is 28.2 Å². The highest BCUT2D eigenvalue weighted by molar-refractivity contribution is 7.13. The maximum Gasteiger partial charge on any atom is 0.257 e. The predicted molar refractivity (Wildman–Crippen MR) is 76.0 cm³/mol. The highest BCUT2D eigenvalue weighted by Gasteiger charge is 2.25. The van der Waals surface area contributed by atoms with Crippen LogP contribution < -0.4 is 0 Å². The molecule has 0 spiro atoms. The Kier molecular flexibility index (Phi) is 3.66. The van der Waals surface area contributed by atoms with Gasteiger partial charge in [-0.1, -0.05) is 13.0 Å². The molecule has 2 aromatic heterocycles. The maximum atomic E-state index is 5.82. The van der Waals surface area contributed by atoms with Gasteiger partial charge >= 0.3 is 0 Å². The van der Waals surface area contributed by atoms with Gasteiger partial charge in [-0.15, -0.1) is 21.5 Å².